The van der Waals surface area contributed by atoms with E-state index in [1.54, 1.807) is 252 Å². The average Bonchev–Trinajstić information content (AvgIpc) is 1.81. The first-order valence-corrected chi connectivity index (χ1v) is 43.5. The summed E-state index contributed by atoms with van der Waals surface area (Å²) in [5, 5.41) is 98.0. The van der Waals surface area contributed by atoms with Crippen LogP contribution < -0.4 is 74.7 Å². The Kier molecular flexibility index (Phi) is 35.5. The number of ether oxygens (including phenoxy) is 6. The number of methoxy groups -OCH3 is 3. The Morgan fingerprint density at radius 1 is 0.284 bits per heavy atom. The van der Waals surface area contributed by atoms with Crippen molar-refractivity contribution < 1.29 is 71.6 Å². The van der Waals surface area contributed by atoms with Crippen LogP contribution in [0.3, 0.4) is 0 Å². The molecule has 0 fully saturated rings. The molecule has 141 heavy (non-hydrogen) atoms. The van der Waals surface area contributed by atoms with Gasteiger partial charge in [-0.1, -0.05) is 64.1 Å². The van der Waals surface area contributed by atoms with E-state index >= 15 is 0 Å². The number of benzene rings is 12. The molecule has 714 valence electrons. The number of carbonyl (C=O) groups excluding carboxylic acids is 6. The lowest BCUT2D eigenvalue weighted by Gasteiger charge is -2.10. The van der Waals surface area contributed by atoms with Crippen LogP contribution in [0.5, 0.6) is 34.5 Å². The van der Waals surface area contributed by atoms with Gasteiger partial charge in [-0.2, -0.15) is 15.6 Å². The number of anilines is 6. The number of aromatic nitrogens is 27. The number of hydrogen-bond acceptors (Lipinski definition) is 30. The number of H-pyrrole nitrogens is 6. The number of amides is 6. The average molecular weight is 1900 g/mol. The van der Waals surface area contributed by atoms with E-state index in [-0.39, 0.29) is 41.5 Å². The maximum atomic E-state index is 12.3. The van der Waals surface area contributed by atoms with Crippen molar-refractivity contribution in [1.29, 1.82) is 0 Å². The standard InChI is InChI=1S/C18H20N6O2.C17H18N6O2.C16H16N6O2.3C15H13N5O2/c1-13(2)11-12-26-17-9-5-15(6-10-17)19-18(25)14-3-7-16(8-4-14)24-22-20-21-23-24;1-12(2)11-25-16-9-5-14(6-10-16)18-17(24)13-3-7-15(8-4-13)23-21-19-20-22-23;1-11(2)24-15-9-5-13(6-10-15)17-16(23)12-3-7-14(8-4-12)22-20-18-19-21-22;3*1-22-13-8-6-12(7-9-13)16-15(21)11-4-2-10(3-5-11)14-17-19-20-18-14/h3-10,13H,11-12H2,1-2H3,(H,19,25);3-10,12H,11H2,1-2H3,(H,18,24);3-11H,1-2H3,(H,17,23);3*2-9H,1H3,(H,16,21)(H,17,18,19,20)/p+3. The molecular formula is C96H96N33O12+3. The fourth-order valence-corrected chi connectivity index (χ4v) is 12.3. The summed E-state index contributed by atoms with van der Waals surface area (Å²) in [6, 6.07) is 85.0. The minimum Gasteiger partial charge on any atom is -0.497 e. The molecule has 6 amide bonds. The maximum Gasteiger partial charge on any atom is 0.255 e. The SMILES string of the molecule is CC(C)CCOc1ccc(NC(=O)c2ccc(-[n+]3nnn[nH]3)cc2)cc1.CC(C)COc1ccc(NC(=O)c2ccc(-[n+]3nnn[nH]3)cc2)cc1.CC(C)Oc1ccc(NC(=O)c2ccc(-[n+]3nnn[nH]3)cc2)cc1.COc1ccc(NC(=O)c2ccc(-c3nn[nH]n3)cc2)cc1.COc1ccc(NC(=O)c2ccc(-c3nn[nH]n3)cc2)cc1.COc1ccc(NC(=O)c2ccc(-c3nn[nH]n3)cc2)cc1. The predicted octanol–water partition coefficient (Wildman–Crippen LogP) is 11.8. The van der Waals surface area contributed by atoms with Gasteiger partial charge in [0.05, 0.1) is 40.6 Å². The highest BCUT2D eigenvalue weighted by atomic mass is 16.5. The highest BCUT2D eigenvalue weighted by Gasteiger charge is 2.18. The first-order valence-electron chi connectivity index (χ1n) is 43.5. The summed E-state index contributed by atoms with van der Waals surface area (Å²) in [5.41, 5.74) is 12.0. The predicted molar refractivity (Wildman–Crippen MR) is 513 cm³/mol. The Hall–Kier alpha value is -19.5. The Balaban J connectivity index is 0.000000142. The zero-order valence-electron chi connectivity index (χ0n) is 77.4. The van der Waals surface area contributed by atoms with Crippen LogP contribution in [0.15, 0.2) is 291 Å². The molecule has 0 radical (unpaired) electrons. The molecule has 0 saturated heterocycles. The van der Waals surface area contributed by atoms with E-state index in [9.17, 15) is 28.8 Å². The zero-order chi connectivity index (χ0) is 99.0. The van der Waals surface area contributed by atoms with Crippen LogP contribution in [0.25, 0.3) is 51.2 Å². The van der Waals surface area contributed by atoms with Crippen LogP contribution in [0.4, 0.5) is 34.1 Å². The molecule has 0 bridgehead atoms. The summed E-state index contributed by atoms with van der Waals surface area (Å²) in [6.07, 6.45) is 1.12. The molecule has 0 unspecified atom stereocenters. The highest BCUT2D eigenvalue weighted by molar-refractivity contribution is 6.08. The van der Waals surface area contributed by atoms with Gasteiger partial charge in [0.2, 0.25) is 48.8 Å². The van der Waals surface area contributed by atoms with Crippen LogP contribution in [0, 0.1) is 11.8 Å². The van der Waals surface area contributed by atoms with Gasteiger partial charge >= 0.3 is 0 Å². The Morgan fingerprint density at radius 3 is 0.738 bits per heavy atom. The van der Waals surface area contributed by atoms with Gasteiger partial charge in [-0.05, 0) is 333 Å². The van der Waals surface area contributed by atoms with Crippen molar-refractivity contribution in [2.24, 2.45) is 11.8 Å². The summed E-state index contributed by atoms with van der Waals surface area (Å²) in [4.78, 5) is 77.7. The third-order valence-electron chi connectivity index (χ3n) is 19.6. The van der Waals surface area contributed by atoms with Crippen molar-refractivity contribution in [3.05, 3.63) is 325 Å². The summed E-state index contributed by atoms with van der Waals surface area (Å²) in [7, 11) is 4.79. The van der Waals surface area contributed by atoms with E-state index in [2.05, 4.69) is 184 Å². The molecule has 18 aromatic rings. The lowest BCUT2D eigenvalue weighted by molar-refractivity contribution is -0.719. The van der Waals surface area contributed by atoms with Crippen LogP contribution in [0.2, 0.25) is 0 Å². The van der Waals surface area contributed by atoms with E-state index in [1.165, 1.54) is 14.4 Å². The molecule has 0 saturated carbocycles. The molecule has 12 aromatic carbocycles. The van der Waals surface area contributed by atoms with Gasteiger partial charge in [0.15, 0.2) is 17.1 Å². The van der Waals surface area contributed by atoms with Crippen molar-refractivity contribution in [3.63, 3.8) is 0 Å². The van der Waals surface area contributed by atoms with Crippen LogP contribution >= 0.6 is 0 Å². The van der Waals surface area contributed by atoms with E-state index in [1.807, 2.05) is 74.5 Å². The summed E-state index contributed by atoms with van der Waals surface area (Å²) < 4.78 is 32.1. The topological polar surface area (TPSA) is 568 Å². The minimum atomic E-state index is -0.195. The van der Waals surface area contributed by atoms with Crippen molar-refractivity contribution in [1.82, 2.24) is 124 Å². The van der Waals surface area contributed by atoms with Gasteiger partial charge in [0, 0.05) is 84.2 Å². The number of tetrazole rings is 3. The molecule has 0 aliphatic carbocycles. The monoisotopic (exact) mass is 1900 g/mol. The molecule has 6 aromatic heterocycles. The van der Waals surface area contributed by atoms with Gasteiger partial charge in [-0.25, -0.2) is 0 Å². The molecular weight excluding hydrogens is 1810 g/mol. The first kappa shape index (κ1) is 99.0. The third-order valence-corrected chi connectivity index (χ3v) is 19.6. The quantitative estimate of drug-likeness (QED) is 0.0186. The lowest BCUT2D eigenvalue weighted by Crippen LogP contribution is -2.36. The van der Waals surface area contributed by atoms with Gasteiger partial charge < -0.3 is 60.3 Å². The molecule has 45 nitrogen and oxygen atoms in total. The lowest BCUT2D eigenvalue weighted by atomic mass is 10.1. The molecule has 12 N–H and O–H groups in total. The molecule has 18 rings (SSSR count). The summed E-state index contributed by atoms with van der Waals surface area (Å²) >= 11 is 0. The van der Waals surface area contributed by atoms with E-state index in [0.29, 0.717) is 110 Å². The van der Waals surface area contributed by atoms with E-state index < -0.39 is 0 Å². The van der Waals surface area contributed by atoms with Crippen LogP contribution in [-0.2, 0) is 0 Å². The maximum absolute atomic E-state index is 12.3. The van der Waals surface area contributed by atoms with Crippen LogP contribution in [-0.4, -0.2) is 201 Å². The van der Waals surface area contributed by atoms with Crippen molar-refractivity contribution >= 4 is 69.6 Å². The number of nitrogens with one attached hydrogen (secondary N) is 12. The highest BCUT2D eigenvalue weighted by Crippen LogP contribution is 2.26. The summed E-state index contributed by atoms with van der Waals surface area (Å²) in [5.74, 6) is 5.96. The smallest absolute Gasteiger partial charge is 0.255 e. The Morgan fingerprint density at radius 2 is 0.525 bits per heavy atom. The van der Waals surface area contributed by atoms with Crippen molar-refractivity contribution in [2.75, 3.05) is 66.4 Å². The largest absolute Gasteiger partial charge is 0.497 e. The van der Waals surface area contributed by atoms with E-state index in [0.717, 1.165) is 74.7 Å². The van der Waals surface area contributed by atoms with Crippen molar-refractivity contribution in [3.8, 4) is 85.7 Å². The number of rotatable bonds is 30. The second-order valence-electron chi connectivity index (χ2n) is 31.0. The van der Waals surface area contributed by atoms with Gasteiger partial charge in [0.1, 0.15) is 50.1 Å². The van der Waals surface area contributed by atoms with Gasteiger partial charge in [-0.15, -0.1) is 30.6 Å². The number of carbonyl (C=O) groups is 6. The molecule has 0 aliphatic rings. The second-order valence-corrected chi connectivity index (χ2v) is 31.0. The number of nitrogens with zero attached hydrogens (tertiary/aromatic N) is 21. The number of hydrogen-bond donors (Lipinski definition) is 12. The molecule has 0 aliphatic heterocycles. The molecule has 45 heteroatoms. The normalized spacial score (nSPS) is 10.5. The van der Waals surface area contributed by atoms with Gasteiger partial charge in [-0.3, -0.25) is 28.8 Å². The Labute approximate surface area is 804 Å². The van der Waals surface area contributed by atoms with E-state index in [4.69, 9.17) is 28.4 Å². The molecule has 6 heterocycles. The fraction of sp³-hybridized carbons (Fsp3) is 0.156. The van der Waals surface area contributed by atoms with Crippen LogP contribution in [0.1, 0.15) is 110 Å². The second kappa shape index (κ2) is 50.5. The van der Waals surface area contributed by atoms with Gasteiger partial charge in [0.25, 0.3) is 35.4 Å². The summed E-state index contributed by atoms with van der Waals surface area (Å²) in [6.45, 7) is 13.8. The number of aromatic amines is 6. The molecule has 0 spiro atoms. The molecule has 0 atom stereocenters. The van der Waals surface area contributed by atoms with Crippen molar-refractivity contribution in [2.45, 2.75) is 54.1 Å². The first-order chi connectivity index (χ1) is 68.6. The fourth-order valence-electron chi connectivity index (χ4n) is 12.3. The zero-order valence-corrected chi connectivity index (χ0v) is 77.4. The minimum absolute atomic E-state index is 0.112. The third kappa shape index (κ3) is 30.5. The Bertz CT molecular complexity index is 6530.